The smallest absolute Gasteiger partial charge is 0.119 e. The van der Waals surface area contributed by atoms with Gasteiger partial charge in [-0.3, -0.25) is 0 Å². The minimum Gasteiger partial charge on any atom is -0.493 e. The Morgan fingerprint density at radius 1 is 0.897 bits per heavy atom. The average Bonchev–Trinajstić information content (AvgIpc) is 2.63. The molecular weight excluding hydrogens is 377 g/mol. The quantitative estimate of drug-likeness (QED) is 0.359. The van der Waals surface area contributed by atoms with Gasteiger partial charge >= 0.3 is 0 Å². The van der Waals surface area contributed by atoms with Crippen LogP contribution < -0.4 is 9.41 Å². The first-order valence-electron chi connectivity index (χ1n) is 10.1. The summed E-state index contributed by atoms with van der Waals surface area (Å²) < 4.78 is 14.0. The van der Waals surface area contributed by atoms with E-state index in [4.69, 9.17) is 9.47 Å². The van der Waals surface area contributed by atoms with E-state index >= 15 is 0 Å². The molecule has 0 saturated heterocycles. The van der Waals surface area contributed by atoms with Crippen molar-refractivity contribution in [2.75, 3.05) is 24.9 Å². The lowest BCUT2D eigenvalue weighted by atomic mass is 9.96. The standard InChI is InChI=1S/C25H36NO2P/c1-19-16-21(12-15-23(19)26(7)29)9-8-20-10-13-22(14-11-20)27-17-25(5,6)18-28-24(2,3)4/h8-16H,17-18,29H2,1-7H3/b9-8+. The Kier molecular flexibility index (Phi) is 7.91. The molecule has 158 valence electrons. The summed E-state index contributed by atoms with van der Waals surface area (Å²) in [6.07, 6.45) is 4.27. The zero-order chi connectivity index (χ0) is 21.7. The predicted octanol–water partition coefficient (Wildman–Crippen LogP) is 6.61. The molecule has 0 radical (unpaired) electrons. The number of benzene rings is 2. The number of anilines is 1. The minimum atomic E-state index is -0.129. The largest absolute Gasteiger partial charge is 0.493 e. The van der Waals surface area contributed by atoms with Gasteiger partial charge in [0.25, 0.3) is 0 Å². The topological polar surface area (TPSA) is 21.7 Å². The van der Waals surface area contributed by atoms with Crippen molar-refractivity contribution in [2.24, 2.45) is 5.41 Å². The van der Waals surface area contributed by atoms with Crippen LogP contribution in [0.1, 0.15) is 51.3 Å². The summed E-state index contributed by atoms with van der Waals surface area (Å²) >= 11 is 0. The fourth-order valence-corrected chi connectivity index (χ4v) is 3.07. The molecule has 4 heteroatoms. The first-order chi connectivity index (χ1) is 13.5. The summed E-state index contributed by atoms with van der Waals surface area (Å²) in [6.45, 7) is 14.0. The van der Waals surface area contributed by atoms with E-state index in [-0.39, 0.29) is 11.0 Å². The van der Waals surface area contributed by atoms with E-state index < -0.39 is 0 Å². The van der Waals surface area contributed by atoms with Crippen LogP contribution in [0.5, 0.6) is 5.75 Å². The maximum absolute atomic E-state index is 5.99. The predicted molar refractivity (Wildman–Crippen MR) is 130 cm³/mol. The molecule has 0 aliphatic rings. The van der Waals surface area contributed by atoms with E-state index in [2.05, 4.69) is 98.1 Å². The average molecular weight is 414 g/mol. The molecule has 0 aliphatic carbocycles. The van der Waals surface area contributed by atoms with Gasteiger partial charge in [0.2, 0.25) is 0 Å². The second kappa shape index (κ2) is 9.78. The number of nitrogens with zero attached hydrogens (tertiary/aromatic N) is 1. The first kappa shape index (κ1) is 23.4. The summed E-state index contributed by atoms with van der Waals surface area (Å²) in [4.78, 5) is 0. The van der Waals surface area contributed by atoms with Gasteiger partial charge < -0.3 is 14.1 Å². The van der Waals surface area contributed by atoms with Crippen molar-refractivity contribution in [1.29, 1.82) is 0 Å². The number of aryl methyl sites for hydroxylation is 1. The van der Waals surface area contributed by atoms with E-state index in [1.165, 1.54) is 16.8 Å². The van der Waals surface area contributed by atoms with Crippen molar-refractivity contribution in [3.63, 3.8) is 0 Å². The van der Waals surface area contributed by atoms with Crippen LogP contribution in [0.15, 0.2) is 42.5 Å². The number of hydrogen-bond acceptors (Lipinski definition) is 3. The van der Waals surface area contributed by atoms with Gasteiger partial charge in [-0.25, -0.2) is 0 Å². The molecule has 1 atom stereocenters. The molecule has 0 N–H and O–H groups in total. The maximum Gasteiger partial charge on any atom is 0.119 e. The second-order valence-electron chi connectivity index (χ2n) is 9.41. The van der Waals surface area contributed by atoms with E-state index in [0.717, 1.165) is 11.3 Å². The fraction of sp³-hybridized carbons (Fsp3) is 0.440. The Bertz CT molecular complexity index is 818. The molecule has 0 aromatic heterocycles. The van der Waals surface area contributed by atoms with Gasteiger partial charge in [-0.2, -0.15) is 0 Å². The van der Waals surface area contributed by atoms with Gasteiger partial charge in [-0.1, -0.05) is 44.2 Å². The highest BCUT2D eigenvalue weighted by molar-refractivity contribution is 7.19. The fourth-order valence-electron chi connectivity index (χ4n) is 2.78. The second-order valence-corrected chi connectivity index (χ2v) is 10.2. The molecule has 0 bridgehead atoms. The van der Waals surface area contributed by atoms with E-state index in [1.807, 2.05) is 19.2 Å². The summed E-state index contributed by atoms with van der Waals surface area (Å²) in [5.41, 5.74) is 4.64. The Morgan fingerprint density at radius 3 is 2.03 bits per heavy atom. The van der Waals surface area contributed by atoms with Crippen molar-refractivity contribution < 1.29 is 9.47 Å². The summed E-state index contributed by atoms with van der Waals surface area (Å²) in [5.74, 6) is 0.884. The lowest BCUT2D eigenvalue weighted by molar-refractivity contribution is -0.0532. The summed E-state index contributed by atoms with van der Waals surface area (Å²) in [6, 6.07) is 14.7. The molecule has 0 spiro atoms. The minimum absolute atomic E-state index is 0.0407. The van der Waals surface area contributed by atoms with Crippen molar-refractivity contribution in [3.8, 4) is 5.75 Å². The van der Waals surface area contributed by atoms with Crippen LogP contribution in [0.25, 0.3) is 12.2 Å². The molecule has 0 saturated carbocycles. The van der Waals surface area contributed by atoms with Crippen molar-refractivity contribution in [2.45, 2.75) is 47.1 Å². The van der Waals surface area contributed by atoms with Gasteiger partial charge in [-0.05, 0) is 78.0 Å². The number of hydrogen-bond donors (Lipinski definition) is 0. The molecule has 0 fully saturated rings. The Labute approximate surface area is 179 Å². The molecular formula is C25H36NO2P. The third kappa shape index (κ3) is 8.20. The maximum atomic E-state index is 5.99. The third-order valence-electron chi connectivity index (χ3n) is 4.47. The zero-order valence-electron chi connectivity index (χ0n) is 19.0. The van der Waals surface area contributed by atoms with Gasteiger partial charge in [-0.15, -0.1) is 0 Å². The van der Waals surface area contributed by atoms with Crippen LogP contribution in [0.2, 0.25) is 0 Å². The molecule has 2 rings (SSSR count). The molecule has 1 unspecified atom stereocenters. The van der Waals surface area contributed by atoms with Crippen LogP contribution in [0, 0.1) is 12.3 Å². The van der Waals surface area contributed by atoms with Crippen LogP contribution in [0.3, 0.4) is 0 Å². The summed E-state index contributed by atoms with van der Waals surface area (Å²) in [7, 11) is 4.73. The van der Waals surface area contributed by atoms with Crippen LogP contribution in [-0.4, -0.2) is 25.9 Å². The van der Waals surface area contributed by atoms with Crippen LogP contribution >= 0.6 is 9.39 Å². The monoisotopic (exact) mass is 413 g/mol. The zero-order valence-corrected chi connectivity index (χ0v) is 20.1. The molecule has 2 aromatic carbocycles. The van der Waals surface area contributed by atoms with Crippen LogP contribution in [-0.2, 0) is 4.74 Å². The molecule has 2 aromatic rings. The van der Waals surface area contributed by atoms with Gasteiger partial charge in [0.05, 0.1) is 18.8 Å². The Hall–Kier alpha value is -1.83. The first-order valence-corrected chi connectivity index (χ1v) is 10.6. The molecule has 29 heavy (non-hydrogen) atoms. The van der Waals surface area contributed by atoms with E-state index in [9.17, 15) is 0 Å². The highest BCUT2D eigenvalue weighted by Crippen LogP contribution is 2.24. The van der Waals surface area contributed by atoms with Crippen molar-refractivity contribution in [1.82, 2.24) is 0 Å². The van der Waals surface area contributed by atoms with Gasteiger partial charge in [0, 0.05) is 18.2 Å². The molecule has 0 amide bonds. The van der Waals surface area contributed by atoms with Crippen molar-refractivity contribution in [3.05, 3.63) is 59.2 Å². The van der Waals surface area contributed by atoms with E-state index in [0.29, 0.717) is 13.2 Å². The number of ether oxygens (including phenoxy) is 2. The highest BCUT2D eigenvalue weighted by atomic mass is 31.0. The van der Waals surface area contributed by atoms with Gasteiger partial charge in [0.1, 0.15) is 5.75 Å². The Balaban J connectivity index is 1.93. The van der Waals surface area contributed by atoms with Gasteiger partial charge in [0.15, 0.2) is 0 Å². The molecule has 0 heterocycles. The lowest BCUT2D eigenvalue weighted by Crippen LogP contribution is -2.32. The molecule has 0 aliphatic heterocycles. The van der Waals surface area contributed by atoms with E-state index in [1.54, 1.807) is 0 Å². The molecule has 3 nitrogen and oxygen atoms in total. The summed E-state index contributed by atoms with van der Waals surface area (Å²) in [5, 5.41) is 0. The highest BCUT2D eigenvalue weighted by Gasteiger charge is 2.23. The third-order valence-corrected chi connectivity index (χ3v) is 4.75. The SMILES string of the molecule is Cc1cc(/C=C/c2ccc(OCC(C)(C)COC(C)(C)C)cc2)ccc1N(C)P. The van der Waals surface area contributed by atoms with Crippen molar-refractivity contribution >= 4 is 27.2 Å². The Morgan fingerprint density at radius 2 is 1.48 bits per heavy atom. The lowest BCUT2D eigenvalue weighted by Gasteiger charge is -2.29. The van der Waals surface area contributed by atoms with Crippen LogP contribution in [0.4, 0.5) is 5.69 Å². The normalized spacial score (nSPS) is 12.4. The number of rotatable bonds is 8.